The minimum absolute atomic E-state index is 0.509. The summed E-state index contributed by atoms with van der Waals surface area (Å²) < 4.78 is 8.45. The monoisotopic (exact) mass is 351 g/mol. The van der Waals surface area contributed by atoms with Crippen molar-refractivity contribution in [1.82, 2.24) is 24.8 Å². The van der Waals surface area contributed by atoms with E-state index in [1.165, 1.54) is 12.8 Å². The van der Waals surface area contributed by atoms with Crippen LogP contribution in [0.1, 0.15) is 43.4 Å². The largest absolute Gasteiger partial charge is 0.338 e. The van der Waals surface area contributed by atoms with Crippen LogP contribution in [0.3, 0.4) is 0 Å². The fourth-order valence-electron chi connectivity index (χ4n) is 3.79. The van der Waals surface area contributed by atoms with Gasteiger partial charge in [0.1, 0.15) is 0 Å². The van der Waals surface area contributed by atoms with Crippen molar-refractivity contribution < 1.29 is 4.52 Å². The smallest absolute Gasteiger partial charge is 0.240 e. The SMILES string of the molecule is Cc1noc(CN2C3CCC2CC(n2cc(Br)cn2)C3)n1. The summed E-state index contributed by atoms with van der Waals surface area (Å²) in [6, 6.07) is 1.71. The van der Waals surface area contributed by atoms with Crippen LogP contribution in [0, 0.1) is 6.92 Å². The molecule has 4 rings (SSSR count). The average Bonchev–Trinajstić information content (AvgIpc) is 3.11. The van der Waals surface area contributed by atoms with Crippen LogP contribution in [0.5, 0.6) is 0 Å². The number of aryl methyl sites for hydroxylation is 1. The minimum Gasteiger partial charge on any atom is -0.338 e. The van der Waals surface area contributed by atoms with E-state index in [-0.39, 0.29) is 0 Å². The minimum atomic E-state index is 0.509. The van der Waals surface area contributed by atoms with Gasteiger partial charge in [-0.05, 0) is 48.5 Å². The third-order valence-corrected chi connectivity index (χ3v) is 5.10. The van der Waals surface area contributed by atoms with Crippen molar-refractivity contribution in [1.29, 1.82) is 0 Å². The quantitative estimate of drug-likeness (QED) is 0.850. The maximum atomic E-state index is 5.28. The summed E-state index contributed by atoms with van der Waals surface area (Å²) in [6.07, 6.45) is 8.78. The number of piperidine rings is 1. The second kappa shape index (κ2) is 5.21. The first-order valence-electron chi connectivity index (χ1n) is 7.43. The number of rotatable bonds is 3. The molecular weight excluding hydrogens is 334 g/mol. The molecule has 2 unspecified atom stereocenters. The second-order valence-corrected chi connectivity index (χ2v) is 6.97. The standard InChI is InChI=1S/C14H18BrN5O/c1-9-17-14(21-18-9)8-19-11-2-3-12(19)5-13(4-11)20-7-10(15)6-16-20/h6-7,11-13H,2-5,8H2,1H3. The van der Waals surface area contributed by atoms with Crippen LogP contribution in [-0.4, -0.2) is 36.9 Å². The van der Waals surface area contributed by atoms with Gasteiger partial charge in [0.25, 0.3) is 0 Å². The van der Waals surface area contributed by atoms with Gasteiger partial charge in [-0.1, -0.05) is 5.16 Å². The Morgan fingerprint density at radius 3 is 2.62 bits per heavy atom. The molecule has 2 saturated heterocycles. The van der Waals surface area contributed by atoms with Gasteiger partial charge in [-0.2, -0.15) is 10.1 Å². The van der Waals surface area contributed by atoms with Gasteiger partial charge in [-0.25, -0.2) is 0 Å². The maximum absolute atomic E-state index is 5.28. The Morgan fingerprint density at radius 2 is 2.05 bits per heavy atom. The van der Waals surface area contributed by atoms with Crippen LogP contribution in [0.25, 0.3) is 0 Å². The molecule has 0 spiro atoms. The van der Waals surface area contributed by atoms with Gasteiger partial charge in [0.05, 0.1) is 23.3 Å². The van der Waals surface area contributed by atoms with Crippen LogP contribution in [0.4, 0.5) is 0 Å². The molecule has 2 bridgehead atoms. The highest BCUT2D eigenvalue weighted by Crippen LogP contribution is 2.41. The van der Waals surface area contributed by atoms with E-state index in [2.05, 4.69) is 46.9 Å². The van der Waals surface area contributed by atoms with E-state index in [1.54, 1.807) is 0 Å². The van der Waals surface area contributed by atoms with E-state index < -0.39 is 0 Å². The Hall–Kier alpha value is -1.21. The third kappa shape index (κ3) is 2.53. The molecule has 2 aromatic heterocycles. The fraction of sp³-hybridized carbons (Fsp3) is 0.643. The summed E-state index contributed by atoms with van der Waals surface area (Å²) in [7, 11) is 0. The number of halogens is 1. The van der Waals surface area contributed by atoms with Gasteiger partial charge < -0.3 is 4.52 Å². The molecule has 0 radical (unpaired) electrons. The first kappa shape index (κ1) is 13.5. The molecule has 2 aliphatic rings. The van der Waals surface area contributed by atoms with Crippen molar-refractivity contribution in [2.24, 2.45) is 0 Å². The zero-order valence-electron chi connectivity index (χ0n) is 11.9. The molecule has 2 fully saturated rings. The molecule has 112 valence electrons. The van der Waals surface area contributed by atoms with Crippen LogP contribution >= 0.6 is 15.9 Å². The van der Waals surface area contributed by atoms with Crippen LogP contribution in [-0.2, 0) is 6.54 Å². The second-order valence-electron chi connectivity index (χ2n) is 6.06. The molecule has 0 aliphatic carbocycles. The van der Waals surface area contributed by atoms with E-state index in [0.717, 1.165) is 29.7 Å². The molecule has 21 heavy (non-hydrogen) atoms. The first-order valence-corrected chi connectivity index (χ1v) is 8.23. The van der Waals surface area contributed by atoms with Crippen LogP contribution in [0.2, 0.25) is 0 Å². The van der Waals surface area contributed by atoms with Crippen molar-refractivity contribution in [3.05, 3.63) is 28.6 Å². The Morgan fingerprint density at radius 1 is 1.29 bits per heavy atom. The summed E-state index contributed by atoms with van der Waals surface area (Å²) >= 11 is 3.48. The molecule has 2 atom stereocenters. The lowest BCUT2D eigenvalue weighted by Crippen LogP contribution is -2.43. The molecule has 7 heteroatoms. The summed E-state index contributed by atoms with van der Waals surface area (Å²) in [6.45, 7) is 2.65. The molecular formula is C14H18BrN5O. The normalized spacial score (nSPS) is 29.1. The molecule has 2 aliphatic heterocycles. The Bertz CT molecular complexity index is 625. The van der Waals surface area contributed by atoms with Gasteiger partial charge in [0.15, 0.2) is 5.82 Å². The Labute approximate surface area is 131 Å². The number of hydrogen-bond donors (Lipinski definition) is 0. The summed E-state index contributed by atoms with van der Waals surface area (Å²) in [5.41, 5.74) is 0. The molecule has 2 aromatic rings. The van der Waals surface area contributed by atoms with E-state index in [0.29, 0.717) is 23.9 Å². The molecule has 0 aromatic carbocycles. The van der Waals surface area contributed by atoms with Crippen LogP contribution in [0.15, 0.2) is 21.4 Å². The molecule has 4 heterocycles. The predicted octanol–water partition coefficient (Wildman–Crippen LogP) is 2.71. The predicted molar refractivity (Wildman–Crippen MR) is 79.6 cm³/mol. The maximum Gasteiger partial charge on any atom is 0.240 e. The average molecular weight is 352 g/mol. The highest BCUT2D eigenvalue weighted by Gasteiger charge is 2.42. The molecule has 6 nitrogen and oxygen atoms in total. The summed E-state index contributed by atoms with van der Waals surface area (Å²) in [5.74, 6) is 1.46. The first-order chi connectivity index (χ1) is 10.2. The molecule has 0 N–H and O–H groups in total. The number of nitrogens with zero attached hydrogens (tertiary/aromatic N) is 5. The lowest BCUT2D eigenvalue weighted by Gasteiger charge is -2.38. The molecule has 0 amide bonds. The van der Waals surface area contributed by atoms with Crippen molar-refractivity contribution in [2.45, 2.75) is 57.3 Å². The Kier molecular flexibility index (Phi) is 3.34. The number of hydrogen-bond acceptors (Lipinski definition) is 5. The van der Waals surface area contributed by atoms with E-state index in [9.17, 15) is 0 Å². The number of aromatic nitrogens is 4. The van der Waals surface area contributed by atoms with Gasteiger partial charge in [0, 0.05) is 18.3 Å². The number of fused-ring (bicyclic) bond motifs is 2. The van der Waals surface area contributed by atoms with E-state index in [4.69, 9.17) is 4.52 Å². The van der Waals surface area contributed by atoms with E-state index in [1.807, 2.05) is 13.1 Å². The van der Waals surface area contributed by atoms with E-state index >= 15 is 0 Å². The highest BCUT2D eigenvalue weighted by atomic mass is 79.9. The molecule has 0 saturated carbocycles. The topological polar surface area (TPSA) is 60.0 Å². The van der Waals surface area contributed by atoms with Crippen molar-refractivity contribution >= 4 is 15.9 Å². The van der Waals surface area contributed by atoms with Crippen molar-refractivity contribution in [3.63, 3.8) is 0 Å². The van der Waals surface area contributed by atoms with Crippen LogP contribution < -0.4 is 0 Å². The van der Waals surface area contributed by atoms with Gasteiger partial charge in [0.2, 0.25) is 5.89 Å². The lowest BCUT2D eigenvalue weighted by molar-refractivity contribution is 0.0838. The van der Waals surface area contributed by atoms with Gasteiger partial charge in [-0.15, -0.1) is 0 Å². The van der Waals surface area contributed by atoms with Gasteiger partial charge in [-0.3, -0.25) is 9.58 Å². The Balaban J connectivity index is 1.48. The third-order valence-electron chi connectivity index (χ3n) is 4.69. The zero-order chi connectivity index (χ0) is 14.4. The summed E-state index contributed by atoms with van der Waals surface area (Å²) in [5, 5.41) is 8.34. The zero-order valence-corrected chi connectivity index (χ0v) is 13.5. The lowest BCUT2D eigenvalue weighted by atomic mass is 9.97. The van der Waals surface area contributed by atoms with Crippen molar-refractivity contribution in [3.8, 4) is 0 Å². The highest BCUT2D eigenvalue weighted by molar-refractivity contribution is 9.10. The summed E-state index contributed by atoms with van der Waals surface area (Å²) in [4.78, 5) is 6.88. The van der Waals surface area contributed by atoms with Crippen molar-refractivity contribution in [2.75, 3.05) is 0 Å². The fourth-order valence-corrected chi connectivity index (χ4v) is 4.10. The van der Waals surface area contributed by atoms with Gasteiger partial charge >= 0.3 is 0 Å².